The topological polar surface area (TPSA) is 49.6 Å². The summed E-state index contributed by atoms with van der Waals surface area (Å²) in [6.07, 6.45) is 3.60. The second-order valence-electron chi connectivity index (χ2n) is 5.99. The number of likely N-dealkylation sites (tertiary alicyclic amines) is 1. The van der Waals surface area contributed by atoms with Crippen LogP contribution < -0.4 is 5.73 Å². The molecule has 2 aliphatic rings. The van der Waals surface area contributed by atoms with Crippen molar-refractivity contribution in [1.29, 1.82) is 0 Å². The first-order valence-electron chi connectivity index (χ1n) is 7.49. The van der Waals surface area contributed by atoms with E-state index in [1.54, 1.807) is 0 Å². The van der Waals surface area contributed by atoms with Crippen LogP contribution in [0.2, 0.25) is 0 Å². The molecule has 2 atom stereocenters. The summed E-state index contributed by atoms with van der Waals surface area (Å²) in [7, 11) is 2.20. The average molecular weight is 273 g/mol. The van der Waals surface area contributed by atoms with Gasteiger partial charge in [-0.05, 0) is 44.0 Å². The van der Waals surface area contributed by atoms with Crippen LogP contribution in [0.1, 0.15) is 35.2 Å². The normalized spacial score (nSPS) is 26.6. The minimum Gasteiger partial charge on any atom is -0.337 e. The number of carbonyl (C=O) groups excluding carboxylic acids is 1. The van der Waals surface area contributed by atoms with Crippen LogP contribution in [0.15, 0.2) is 24.3 Å². The monoisotopic (exact) mass is 273 g/mol. The minimum absolute atomic E-state index is 0.162. The van der Waals surface area contributed by atoms with Crippen molar-refractivity contribution in [3.63, 3.8) is 0 Å². The molecule has 2 heterocycles. The summed E-state index contributed by atoms with van der Waals surface area (Å²) >= 11 is 0. The lowest BCUT2D eigenvalue weighted by molar-refractivity contribution is 0.0740. The van der Waals surface area contributed by atoms with E-state index in [9.17, 15) is 4.79 Å². The molecule has 1 aromatic rings. The first kappa shape index (κ1) is 13.6. The molecular formula is C16H23N3O. The summed E-state index contributed by atoms with van der Waals surface area (Å²) in [5, 5.41) is 0. The highest BCUT2D eigenvalue weighted by Crippen LogP contribution is 2.29. The SMILES string of the molecule is CN1C2CCC1CN(C(=O)c1ccc(CN)cc1)CC2. The van der Waals surface area contributed by atoms with E-state index in [2.05, 4.69) is 11.9 Å². The van der Waals surface area contributed by atoms with Crippen molar-refractivity contribution < 1.29 is 4.79 Å². The Labute approximate surface area is 120 Å². The van der Waals surface area contributed by atoms with E-state index in [-0.39, 0.29) is 5.91 Å². The predicted molar refractivity (Wildman–Crippen MR) is 79.4 cm³/mol. The van der Waals surface area contributed by atoms with E-state index in [0.29, 0.717) is 18.6 Å². The number of likely N-dealkylation sites (N-methyl/N-ethyl adjacent to an activating group) is 1. The molecule has 0 radical (unpaired) electrons. The molecule has 0 aromatic heterocycles. The maximum atomic E-state index is 12.6. The molecular weight excluding hydrogens is 250 g/mol. The Balaban J connectivity index is 1.73. The molecule has 2 bridgehead atoms. The number of amides is 1. The van der Waals surface area contributed by atoms with Crippen LogP contribution in [-0.4, -0.2) is 47.9 Å². The van der Waals surface area contributed by atoms with Gasteiger partial charge in [0.15, 0.2) is 0 Å². The predicted octanol–water partition coefficient (Wildman–Crippen LogP) is 1.45. The molecule has 1 aromatic carbocycles. The van der Waals surface area contributed by atoms with Gasteiger partial charge in [-0.2, -0.15) is 0 Å². The van der Waals surface area contributed by atoms with E-state index in [1.165, 1.54) is 12.8 Å². The van der Waals surface area contributed by atoms with Crippen LogP contribution in [0.25, 0.3) is 0 Å². The molecule has 4 nitrogen and oxygen atoms in total. The standard InChI is InChI=1S/C16H23N3O/c1-18-14-6-7-15(18)11-19(9-8-14)16(20)13-4-2-12(10-17)3-5-13/h2-5,14-15H,6-11,17H2,1H3. The molecule has 0 saturated carbocycles. The molecule has 2 saturated heterocycles. The second kappa shape index (κ2) is 5.54. The van der Waals surface area contributed by atoms with Crippen LogP contribution in [0, 0.1) is 0 Å². The van der Waals surface area contributed by atoms with Crippen LogP contribution in [-0.2, 0) is 6.54 Å². The molecule has 2 N–H and O–H groups in total. The van der Waals surface area contributed by atoms with Crippen LogP contribution in [0.3, 0.4) is 0 Å². The molecule has 1 amide bonds. The van der Waals surface area contributed by atoms with Gasteiger partial charge in [0.1, 0.15) is 0 Å². The summed E-state index contributed by atoms with van der Waals surface area (Å²) < 4.78 is 0. The van der Waals surface area contributed by atoms with Crippen LogP contribution >= 0.6 is 0 Å². The third kappa shape index (κ3) is 2.45. The maximum absolute atomic E-state index is 12.6. The fraction of sp³-hybridized carbons (Fsp3) is 0.562. The highest BCUT2D eigenvalue weighted by Gasteiger charge is 2.36. The summed E-state index contributed by atoms with van der Waals surface area (Å²) in [6, 6.07) is 8.90. The molecule has 108 valence electrons. The Hall–Kier alpha value is -1.39. The zero-order chi connectivity index (χ0) is 14.1. The first-order valence-corrected chi connectivity index (χ1v) is 7.49. The van der Waals surface area contributed by atoms with Gasteiger partial charge in [0, 0.05) is 37.3 Å². The Bertz CT molecular complexity index is 485. The van der Waals surface area contributed by atoms with E-state index < -0.39 is 0 Å². The molecule has 3 rings (SSSR count). The van der Waals surface area contributed by atoms with Crippen LogP contribution in [0.5, 0.6) is 0 Å². The van der Waals surface area contributed by atoms with Gasteiger partial charge < -0.3 is 10.6 Å². The van der Waals surface area contributed by atoms with Gasteiger partial charge in [-0.3, -0.25) is 9.69 Å². The lowest BCUT2D eigenvalue weighted by atomic mass is 10.1. The largest absolute Gasteiger partial charge is 0.337 e. The van der Waals surface area contributed by atoms with Gasteiger partial charge in [-0.1, -0.05) is 12.1 Å². The van der Waals surface area contributed by atoms with Gasteiger partial charge in [0.05, 0.1) is 0 Å². The van der Waals surface area contributed by atoms with Gasteiger partial charge in [-0.15, -0.1) is 0 Å². The quantitative estimate of drug-likeness (QED) is 0.887. The smallest absolute Gasteiger partial charge is 0.253 e. The van der Waals surface area contributed by atoms with Crippen molar-refractivity contribution in [3.05, 3.63) is 35.4 Å². The summed E-state index contributed by atoms with van der Waals surface area (Å²) in [5.41, 5.74) is 7.44. The number of rotatable bonds is 2. The Morgan fingerprint density at radius 2 is 1.90 bits per heavy atom. The highest BCUT2D eigenvalue weighted by atomic mass is 16.2. The zero-order valence-electron chi connectivity index (χ0n) is 12.1. The van der Waals surface area contributed by atoms with Crippen molar-refractivity contribution in [1.82, 2.24) is 9.80 Å². The van der Waals surface area contributed by atoms with Crippen LogP contribution in [0.4, 0.5) is 0 Å². The number of hydrogen-bond acceptors (Lipinski definition) is 3. The van der Waals surface area contributed by atoms with E-state index in [0.717, 1.165) is 30.6 Å². The first-order chi connectivity index (χ1) is 9.69. The van der Waals surface area contributed by atoms with Gasteiger partial charge in [-0.25, -0.2) is 0 Å². The number of fused-ring (bicyclic) bond motifs is 2. The summed E-state index contributed by atoms with van der Waals surface area (Å²) in [6.45, 7) is 2.26. The Kier molecular flexibility index (Phi) is 3.76. The Morgan fingerprint density at radius 1 is 1.20 bits per heavy atom. The van der Waals surface area contributed by atoms with E-state index in [1.807, 2.05) is 29.2 Å². The second-order valence-corrected chi connectivity index (χ2v) is 5.99. The van der Waals surface area contributed by atoms with Crippen molar-refractivity contribution in [2.45, 2.75) is 37.9 Å². The third-order valence-corrected chi connectivity index (χ3v) is 4.87. The van der Waals surface area contributed by atoms with Crippen molar-refractivity contribution in [2.24, 2.45) is 5.73 Å². The van der Waals surface area contributed by atoms with Gasteiger partial charge in [0.25, 0.3) is 5.91 Å². The minimum atomic E-state index is 0.162. The molecule has 2 unspecified atom stereocenters. The van der Waals surface area contributed by atoms with Crippen molar-refractivity contribution in [3.8, 4) is 0 Å². The molecule has 0 spiro atoms. The molecule has 2 aliphatic heterocycles. The van der Waals surface area contributed by atoms with Gasteiger partial charge >= 0.3 is 0 Å². The number of hydrogen-bond donors (Lipinski definition) is 1. The zero-order valence-corrected chi connectivity index (χ0v) is 12.1. The van der Waals surface area contributed by atoms with Crippen molar-refractivity contribution in [2.75, 3.05) is 20.1 Å². The molecule has 20 heavy (non-hydrogen) atoms. The fourth-order valence-electron chi connectivity index (χ4n) is 3.46. The van der Waals surface area contributed by atoms with Crippen molar-refractivity contribution >= 4 is 5.91 Å². The average Bonchev–Trinajstić information content (AvgIpc) is 2.72. The lowest BCUT2D eigenvalue weighted by Gasteiger charge is -2.26. The number of benzene rings is 1. The molecule has 2 fully saturated rings. The third-order valence-electron chi connectivity index (χ3n) is 4.87. The van der Waals surface area contributed by atoms with E-state index >= 15 is 0 Å². The number of nitrogens with zero attached hydrogens (tertiary/aromatic N) is 2. The Morgan fingerprint density at radius 3 is 2.60 bits per heavy atom. The summed E-state index contributed by atoms with van der Waals surface area (Å²) in [4.78, 5) is 17.1. The molecule has 4 heteroatoms. The number of carbonyl (C=O) groups is 1. The molecule has 0 aliphatic carbocycles. The maximum Gasteiger partial charge on any atom is 0.253 e. The lowest BCUT2D eigenvalue weighted by Crippen LogP contribution is -2.39. The van der Waals surface area contributed by atoms with Gasteiger partial charge in [0.2, 0.25) is 0 Å². The van der Waals surface area contributed by atoms with E-state index in [4.69, 9.17) is 5.73 Å². The highest BCUT2D eigenvalue weighted by molar-refractivity contribution is 5.94. The summed E-state index contributed by atoms with van der Waals surface area (Å²) in [5.74, 6) is 0.162. The number of nitrogens with two attached hydrogens (primary N) is 1. The fourth-order valence-corrected chi connectivity index (χ4v) is 3.46.